The second-order valence-electron chi connectivity index (χ2n) is 7.94. The number of carbonyl (C=O) groups is 2. The van der Waals surface area contributed by atoms with E-state index in [4.69, 9.17) is 16.3 Å². The molecule has 0 bridgehead atoms. The van der Waals surface area contributed by atoms with E-state index in [0.29, 0.717) is 36.4 Å². The van der Waals surface area contributed by atoms with Crippen LogP contribution in [0.15, 0.2) is 53.4 Å². The van der Waals surface area contributed by atoms with E-state index >= 15 is 0 Å². The number of para-hydroxylation sites is 1. The number of nitrogens with one attached hydrogen (secondary N) is 1. The molecule has 7 nitrogen and oxygen atoms in total. The lowest BCUT2D eigenvalue weighted by atomic mass is 9.68. The molecule has 1 fully saturated rings. The summed E-state index contributed by atoms with van der Waals surface area (Å²) in [5.74, 6) is -0.689. The third kappa shape index (κ3) is 3.95. The lowest BCUT2D eigenvalue weighted by Crippen LogP contribution is -2.50. The van der Waals surface area contributed by atoms with Gasteiger partial charge in [0, 0.05) is 16.8 Å². The van der Waals surface area contributed by atoms with Gasteiger partial charge in [-0.15, -0.1) is 0 Å². The third-order valence-electron chi connectivity index (χ3n) is 6.08. The Morgan fingerprint density at radius 2 is 1.94 bits per heavy atom. The molecular formula is C22H23ClN2O5S. The maximum atomic E-state index is 13.5. The fourth-order valence-corrected chi connectivity index (χ4v) is 6.06. The number of fused-ring (bicyclic) bond motifs is 2. The molecule has 2 aromatic carbocycles. The second kappa shape index (κ2) is 8.26. The normalized spacial score (nSPS) is 23.1. The Kier molecular flexibility index (Phi) is 5.81. The fourth-order valence-electron chi connectivity index (χ4n) is 4.66. The molecule has 1 aliphatic carbocycles. The molecule has 9 heteroatoms. The minimum absolute atomic E-state index is 0.127. The summed E-state index contributed by atoms with van der Waals surface area (Å²) in [7, 11) is -2.48. The predicted molar refractivity (Wildman–Crippen MR) is 117 cm³/mol. The van der Waals surface area contributed by atoms with Crippen molar-refractivity contribution in [2.75, 3.05) is 18.6 Å². The van der Waals surface area contributed by atoms with Crippen LogP contribution in [-0.2, 0) is 29.8 Å². The van der Waals surface area contributed by atoms with Crippen LogP contribution in [0.1, 0.15) is 31.2 Å². The average molecular weight is 463 g/mol. The van der Waals surface area contributed by atoms with Crippen LogP contribution >= 0.6 is 11.6 Å². The predicted octanol–water partition coefficient (Wildman–Crippen LogP) is 3.02. The lowest BCUT2D eigenvalue weighted by molar-refractivity contribution is -0.140. The van der Waals surface area contributed by atoms with Crippen molar-refractivity contribution in [1.29, 1.82) is 0 Å². The van der Waals surface area contributed by atoms with Crippen molar-refractivity contribution in [3.8, 4) is 0 Å². The van der Waals surface area contributed by atoms with E-state index in [1.165, 1.54) is 36.3 Å². The van der Waals surface area contributed by atoms with Crippen molar-refractivity contribution >= 4 is 39.2 Å². The number of sulfonamides is 1. The number of hydrogen-bond donors (Lipinski definition) is 1. The van der Waals surface area contributed by atoms with Crippen LogP contribution in [-0.4, -0.2) is 40.0 Å². The molecule has 1 amide bonds. The number of hydrogen-bond acceptors (Lipinski definition) is 5. The van der Waals surface area contributed by atoms with E-state index in [9.17, 15) is 18.0 Å². The number of benzene rings is 2. The van der Waals surface area contributed by atoms with Crippen LogP contribution < -0.4 is 9.62 Å². The van der Waals surface area contributed by atoms with Gasteiger partial charge in [-0.05, 0) is 55.2 Å². The van der Waals surface area contributed by atoms with Crippen LogP contribution in [0.25, 0.3) is 0 Å². The number of methoxy groups -OCH3 is 1. The van der Waals surface area contributed by atoms with Gasteiger partial charge in [0.25, 0.3) is 0 Å². The van der Waals surface area contributed by atoms with Crippen molar-refractivity contribution in [2.45, 2.75) is 42.0 Å². The summed E-state index contributed by atoms with van der Waals surface area (Å²) in [4.78, 5) is 27.0. The summed E-state index contributed by atoms with van der Waals surface area (Å²) in [5.41, 5.74) is 0.647. The van der Waals surface area contributed by atoms with Gasteiger partial charge in [0.1, 0.15) is 6.54 Å². The summed E-state index contributed by atoms with van der Waals surface area (Å²) in [5, 5.41) is 0.453. The van der Waals surface area contributed by atoms with E-state index in [1.807, 2.05) is 24.3 Å². The molecule has 1 N–H and O–H groups in total. The fraction of sp³-hybridized carbons (Fsp3) is 0.364. The van der Waals surface area contributed by atoms with E-state index in [1.54, 1.807) is 0 Å². The summed E-state index contributed by atoms with van der Waals surface area (Å²) in [6.07, 6.45) is 2.23. The molecule has 2 unspecified atom stereocenters. The van der Waals surface area contributed by atoms with Crippen molar-refractivity contribution in [3.05, 3.63) is 59.1 Å². The van der Waals surface area contributed by atoms with E-state index < -0.39 is 27.4 Å². The van der Waals surface area contributed by atoms with Crippen molar-refractivity contribution in [3.63, 3.8) is 0 Å². The topological polar surface area (TPSA) is 92.8 Å². The Hall–Kier alpha value is -2.42. The highest BCUT2D eigenvalue weighted by Gasteiger charge is 2.53. The summed E-state index contributed by atoms with van der Waals surface area (Å²) < 4.78 is 33.3. The zero-order chi connectivity index (χ0) is 22.2. The third-order valence-corrected chi connectivity index (χ3v) is 7.86. The Morgan fingerprint density at radius 3 is 2.65 bits per heavy atom. The van der Waals surface area contributed by atoms with Gasteiger partial charge in [0.15, 0.2) is 0 Å². The van der Waals surface area contributed by atoms with Gasteiger partial charge in [-0.1, -0.05) is 36.2 Å². The first-order valence-corrected chi connectivity index (χ1v) is 11.9. The highest BCUT2D eigenvalue weighted by Crippen LogP contribution is 2.50. The van der Waals surface area contributed by atoms with Gasteiger partial charge < -0.3 is 9.64 Å². The van der Waals surface area contributed by atoms with Gasteiger partial charge in [-0.3, -0.25) is 9.59 Å². The van der Waals surface area contributed by atoms with Crippen molar-refractivity contribution in [2.24, 2.45) is 0 Å². The van der Waals surface area contributed by atoms with Gasteiger partial charge in [0.05, 0.1) is 17.4 Å². The maximum absolute atomic E-state index is 13.5. The quantitative estimate of drug-likeness (QED) is 0.689. The summed E-state index contributed by atoms with van der Waals surface area (Å²) in [6.45, 7) is -0.171. The molecule has 164 valence electrons. The second-order valence-corrected chi connectivity index (χ2v) is 10.1. The van der Waals surface area contributed by atoms with Gasteiger partial charge >= 0.3 is 5.97 Å². The number of rotatable bonds is 5. The molecule has 2 aromatic rings. The van der Waals surface area contributed by atoms with Crippen molar-refractivity contribution < 1.29 is 22.7 Å². The Morgan fingerprint density at radius 1 is 1.23 bits per heavy atom. The Labute approximate surface area is 186 Å². The SMILES string of the molecule is COC(=O)CN1C(=O)C2(CCCC(NS(=O)(=O)c3ccc(Cl)cc3)C2)c2ccccc21. The first kappa shape index (κ1) is 21.8. The zero-order valence-corrected chi connectivity index (χ0v) is 18.6. The first-order chi connectivity index (χ1) is 14.8. The maximum Gasteiger partial charge on any atom is 0.325 e. The Bertz CT molecular complexity index is 1120. The smallest absolute Gasteiger partial charge is 0.325 e. The van der Waals surface area contributed by atoms with Crippen LogP contribution in [0.4, 0.5) is 5.69 Å². The van der Waals surface area contributed by atoms with Crippen LogP contribution in [0.3, 0.4) is 0 Å². The minimum Gasteiger partial charge on any atom is -0.468 e. The molecule has 0 aromatic heterocycles. The lowest BCUT2D eigenvalue weighted by Gasteiger charge is -2.37. The highest BCUT2D eigenvalue weighted by molar-refractivity contribution is 7.89. The largest absolute Gasteiger partial charge is 0.468 e. The molecule has 0 radical (unpaired) electrons. The molecule has 2 aliphatic rings. The number of halogens is 1. The number of esters is 1. The first-order valence-electron chi connectivity index (χ1n) is 10.0. The zero-order valence-electron chi connectivity index (χ0n) is 17.0. The molecule has 4 rings (SSSR count). The van der Waals surface area contributed by atoms with Crippen molar-refractivity contribution in [1.82, 2.24) is 4.72 Å². The highest BCUT2D eigenvalue weighted by atomic mass is 35.5. The molecule has 1 heterocycles. The van der Waals surface area contributed by atoms with Gasteiger partial charge in [-0.25, -0.2) is 13.1 Å². The Balaban J connectivity index is 1.63. The monoisotopic (exact) mass is 462 g/mol. The number of carbonyl (C=O) groups excluding carboxylic acids is 2. The average Bonchev–Trinajstić information content (AvgIpc) is 2.96. The van der Waals surface area contributed by atoms with Gasteiger partial charge in [0.2, 0.25) is 15.9 Å². The number of nitrogens with zero attached hydrogens (tertiary/aromatic N) is 1. The number of ether oxygens (including phenoxy) is 1. The molecule has 1 aliphatic heterocycles. The van der Waals surface area contributed by atoms with E-state index in [2.05, 4.69) is 4.72 Å². The van der Waals surface area contributed by atoms with Gasteiger partial charge in [-0.2, -0.15) is 0 Å². The number of anilines is 1. The summed E-state index contributed by atoms with van der Waals surface area (Å²) in [6, 6.07) is 12.9. The van der Waals surface area contributed by atoms with Crippen LogP contribution in [0, 0.1) is 0 Å². The molecule has 0 saturated heterocycles. The molecular weight excluding hydrogens is 440 g/mol. The summed E-state index contributed by atoms with van der Waals surface area (Å²) >= 11 is 5.87. The molecule has 31 heavy (non-hydrogen) atoms. The molecule has 1 spiro atoms. The molecule has 2 atom stereocenters. The minimum atomic E-state index is -3.76. The van der Waals surface area contributed by atoms with E-state index in [-0.39, 0.29) is 17.3 Å². The van der Waals surface area contributed by atoms with E-state index in [0.717, 1.165) is 5.56 Å². The molecule has 1 saturated carbocycles. The van der Waals surface area contributed by atoms with Crippen LogP contribution in [0.2, 0.25) is 5.02 Å². The standard InChI is InChI=1S/C22H23ClN2O5S/c1-30-20(26)14-25-19-7-3-2-6-18(19)22(21(25)27)12-4-5-16(13-22)24-31(28,29)17-10-8-15(23)9-11-17/h2-3,6-11,16,24H,4-5,12-14H2,1H3. The number of amides is 1. The van der Waals surface area contributed by atoms with Crippen LogP contribution in [0.5, 0.6) is 0 Å².